The molecule has 10 rings (SSSR count). The average Bonchev–Trinajstić information content (AvgIpc) is 3.48. The Morgan fingerprint density at radius 3 is 1.91 bits per heavy atom. The largest absolute Gasteiger partial charge is 0.309 e. The lowest BCUT2D eigenvalue weighted by Crippen LogP contribution is -1.94. The highest BCUT2D eigenvalue weighted by atomic mass is 32.2. The first kappa shape index (κ1) is 25.7. The van der Waals surface area contributed by atoms with Crippen LogP contribution >= 0.6 is 11.8 Å². The van der Waals surface area contributed by atoms with Crippen LogP contribution in [0, 0.1) is 0 Å². The zero-order valence-electron chi connectivity index (χ0n) is 24.9. The normalized spacial score (nSPS) is 12.3. The van der Waals surface area contributed by atoms with Gasteiger partial charge in [-0.05, 0) is 85.9 Å². The molecule has 0 bridgehead atoms. The highest BCUT2D eigenvalue weighted by Crippen LogP contribution is 2.50. The molecule has 1 nitrogen and oxygen atoms in total. The molecular formula is C44H27NS. The average molecular weight is 602 g/mol. The van der Waals surface area contributed by atoms with Crippen LogP contribution in [0.15, 0.2) is 174 Å². The number of aromatic nitrogens is 1. The van der Waals surface area contributed by atoms with Crippen LogP contribution in [0.2, 0.25) is 0 Å². The maximum atomic E-state index is 2.42. The summed E-state index contributed by atoms with van der Waals surface area (Å²) in [6, 6.07) is 60.1. The number of nitrogens with zero attached hydrogens (tertiary/aromatic N) is 1. The summed E-state index contributed by atoms with van der Waals surface area (Å²) in [5.74, 6) is 0. The summed E-state index contributed by atoms with van der Waals surface area (Å²) in [5.41, 5.74) is 11.3. The molecule has 0 N–H and O–H groups in total. The van der Waals surface area contributed by atoms with Gasteiger partial charge in [-0.15, -0.1) is 0 Å². The molecule has 2 heterocycles. The van der Waals surface area contributed by atoms with Crippen LogP contribution in [0.1, 0.15) is 0 Å². The maximum Gasteiger partial charge on any atom is 0.0547 e. The zero-order valence-corrected chi connectivity index (χ0v) is 25.8. The molecule has 46 heavy (non-hydrogen) atoms. The third-order valence-electron chi connectivity index (χ3n) is 9.60. The fourth-order valence-corrected chi connectivity index (χ4v) is 8.71. The van der Waals surface area contributed by atoms with Gasteiger partial charge in [0.05, 0.1) is 11.0 Å². The Balaban J connectivity index is 1.17. The Morgan fingerprint density at radius 1 is 0.348 bits per heavy atom. The minimum Gasteiger partial charge on any atom is -0.309 e. The molecule has 1 aliphatic heterocycles. The summed E-state index contributed by atoms with van der Waals surface area (Å²) in [4.78, 5) is 2.66. The van der Waals surface area contributed by atoms with Gasteiger partial charge in [0, 0.05) is 31.6 Å². The van der Waals surface area contributed by atoms with Crippen molar-refractivity contribution in [3.63, 3.8) is 0 Å². The van der Waals surface area contributed by atoms with Crippen molar-refractivity contribution in [1.82, 2.24) is 4.57 Å². The van der Waals surface area contributed by atoms with Crippen molar-refractivity contribution in [3.8, 4) is 39.1 Å². The zero-order chi connectivity index (χ0) is 30.2. The van der Waals surface area contributed by atoms with Gasteiger partial charge in [-0.2, -0.15) is 0 Å². The van der Waals surface area contributed by atoms with Crippen molar-refractivity contribution < 1.29 is 0 Å². The number of rotatable bonds is 3. The van der Waals surface area contributed by atoms with Crippen LogP contribution in [0.4, 0.5) is 0 Å². The second kappa shape index (κ2) is 9.97. The van der Waals surface area contributed by atoms with Gasteiger partial charge in [0.2, 0.25) is 0 Å². The molecule has 1 aliphatic rings. The van der Waals surface area contributed by atoms with Crippen molar-refractivity contribution in [3.05, 3.63) is 164 Å². The number of para-hydroxylation sites is 1. The van der Waals surface area contributed by atoms with E-state index in [1.54, 1.807) is 0 Å². The van der Waals surface area contributed by atoms with E-state index in [0.717, 1.165) is 0 Å². The van der Waals surface area contributed by atoms with Crippen LogP contribution in [0.5, 0.6) is 0 Å². The Hall–Kier alpha value is -5.57. The summed E-state index contributed by atoms with van der Waals surface area (Å²) in [7, 11) is 0. The van der Waals surface area contributed by atoms with Crippen molar-refractivity contribution in [2.75, 3.05) is 0 Å². The van der Waals surface area contributed by atoms with Gasteiger partial charge in [0.25, 0.3) is 0 Å². The monoisotopic (exact) mass is 601 g/mol. The number of benzene rings is 8. The van der Waals surface area contributed by atoms with E-state index < -0.39 is 0 Å². The Morgan fingerprint density at radius 2 is 1.02 bits per heavy atom. The molecule has 0 atom stereocenters. The molecule has 0 radical (unpaired) electrons. The van der Waals surface area contributed by atoms with E-state index in [4.69, 9.17) is 0 Å². The van der Waals surface area contributed by atoms with Crippen molar-refractivity contribution >= 4 is 55.1 Å². The van der Waals surface area contributed by atoms with E-state index in [1.807, 2.05) is 11.8 Å². The number of fused-ring (bicyclic) bond motifs is 7. The van der Waals surface area contributed by atoms with E-state index in [2.05, 4.69) is 168 Å². The number of hydrogen-bond donors (Lipinski definition) is 0. The van der Waals surface area contributed by atoms with Gasteiger partial charge >= 0.3 is 0 Å². The molecule has 8 aromatic carbocycles. The molecule has 1 aromatic heterocycles. The first-order valence-corrected chi connectivity index (χ1v) is 16.6. The third kappa shape index (κ3) is 3.71. The third-order valence-corrected chi connectivity index (χ3v) is 10.7. The molecular weight excluding hydrogens is 575 g/mol. The van der Waals surface area contributed by atoms with Crippen LogP contribution in [-0.4, -0.2) is 4.57 Å². The van der Waals surface area contributed by atoms with Crippen LogP contribution in [0.3, 0.4) is 0 Å². The second-order valence-corrected chi connectivity index (χ2v) is 13.2. The van der Waals surface area contributed by atoms with Crippen molar-refractivity contribution in [1.29, 1.82) is 0 Å². The Labute approximate surface area is 271 Å². The van der Waals surface area contributed by atoms with Gasteiger partial charge in [-0.25, -0.2) is 0 Å². The summed E-state index contributed by atoms with van der Waals surface area (Å²) >= 11 is 1.88. The predicted molar refractivity (Wildman–Crippen MR) is 196 cm³/mol. The lowest BCUT2D eigenvalue weighted by atomic mass is 9.91. The minimum atomic E-state index is 1.17. The quantitative estimate of drug-likeness (QED) is 0.195. The lowest BCUT2D eigenvalue weighted by Gasteiger charge is -2.21. The molecule has 0 spiro atoms. The first-order valence-electron chi connectivity index (χ1n) is 15.8. The van der Waals surface area contributed by atoms with Crippen LogP contribution in [-0.2, 0) is 0 Å². The summed E-state index contributed by atoms with van der Waals surface area (Å²) in [5, 5.41) is 7.81. The fraction of sp³-hybridized carbons (Fsp3) is 0. The van der Waals surface area contributed by atoms with E-state index in [0.29, 0.717) is 0 Å². The van der Waals surface area contributed by atoms with E-state index >= 15 is 0 Å². The van der Waals surface area contributed by atoms with Crippen LogP contribution in [0.25, 0.3) is 82.4 Å². The lowest BCUT2D eigenvalue weighted by molar-refractivity contribution is 1.18. The molecule has 0 saturated carbocycles. The highest BCUT2D eigenvalue weighted by Gasteiger charge is 2.21. The molecule has 0 aliphatic carbocycles. The summed E-state index contributed by atoms with van der Waals surface area (Å²) < 4.78 is 2.42. The fourth-order valence-electron chi connectivity index (χ4n) is 7.59. The molecule has 2 heteroatoms. The molecule has 0 unspecified atom stereocenters. The molecule has 0 saturated heterocycles. The van der Waals surface area contributed by atoms with Gasteiger partial charge < -0.3 is 4.57 Å². The molecule has 214 valence electrons. The molecule has 9 aromatic rings. The van der Waals surface area contributed by atoms with Crippen molar-refractivity contribution in [2.24, 2.45) is 0 Å². The van der Waals surface area contributed by atoms with Gasteiger partial charge in [0.1, 0.15) is 0 Å². The number of hydrogen-bond acceptors (Lipinski definition) is 1. The minimum absolute atomic E-state index is 1.17. The van der Waals surface area contributed by atoms with Gasteiger partial charge in [0.15, 0.2) is 0 Å². The molecule has 0 fully saturated rings. The smallest absolute Gasteiger partial charge is 0.0547 e. The van der Waals surface area contributed by atoms with E-state index in [-0.39, 0.29) is 0 Å². The van der Waals surface area contributed by atoms with E-state index in [9.17, 15) is 0 Å². The van der Waals surface area contributed by atoms with Gasteiger partial charge in [-0.3, -0.25) is 0 Å². The summed E-state index contributed by atoms with van der Waals surface area (Å²) in [6.07, 6.45) is 0. The SMILES string of the molecule is c1ccc(-n2c3cccc(-c4ccc(-c5ccc6c7c(cccc57)-c5ccccc5S6)cc4)c3c3c4ccccc4ccc32)cc1. The Bertz CT molecular complexity index is 2650. The topological polar surface area (TPSA) is 4.93 Å². The Kier molecular flexibility index (Phi) is 5.58. The first-order chi connectivity index (χ1) is 22.8. The van der Waals surface area contributed by atoms with E-state index in [1.165, 1.54) is 92.2 Å². The molecule has 0 amide bonds. The van der Waals surface area contributed by atoms with Gasteiger partial charge in [-0.1, -0.05) is 139 Å². The summed E-state index contributed by atoms with van der Waals surface area (Å²) in [6.45, 7) is 0. The maximum absolute atomic E-state index is 2.42. The second-order valence-electron chi connectivity index (χ2n) is 12.1. The van der Waals surface area contributed by atoms with Crippen LogP contribution < -0.4 is 0 Å². The predicted octanol–water partition coefficient (Wildman–Crippen LogP) is 12.6. The standard InChI is InChI=1S/C44H27NS/c1-2-11-31(12-3-1)45-38-18-9-15-34(43(38)44-33-13-5-4-10-28(33)24-26-39(44)45)30-22-20-29(21-23-30)32-25-27-41-42-36(32)16-8-17-37(42)35-14-6-7-19-40(35)46-41/h1-27H. The van der Waals surface area contributed by atoms with Crippen molar-refractivity contribution in [2.45, 2.75) is 9.79 Å². The highest BCUT2D eigenvalue weighted by molar-refractivity contribution is 7.99.